The van der Waals surface area contributed by atoms with Gasteiger partial charge in [0.15, 0.2) is 5.82 Å². The number of likely N-dealkylation sites (tertiary alicyclic amines) is 1. The Hall–Kier alpha value is -1.10. The molecule has 0 amide bonds. The Balaban J connectivity index is 1.88. The fourth-order valence-corrected chi connectivity index (χ4v) is 2.31. The summed E-state index contributed by atoms with van der Waals surface area (Å²) in [5, 5.41) is 8.01. The Morgan fingerprint density at radius 3 is 2.62 bits per heavy atom. The second-order valence-corrected chi connectivity index (χ2v) is 4.40. The first kappa shape index (κ1) is 11.4. The zero-order valence-electron chi connectivity index (χ0n) is 10.0. The maximum absolute atomic E-state index is 5.75. The highest BCUT2D eigenvalue weighted by Gasteiger charge is 2.12. The van der Waals surface area contributed by atoms with Crippen molar-refractivity contribution in [2.45, 2.75) is 39.2 Å². The number of hydrogen-bond acceptors (Lipinski definition) is 4. The van der Waals surface area contributed by atoms with Crippen LogP contribution in [0.3, 0.4) is 0 Å². The van der Waals surface area contributed by atoms with Crippen molar-refractivity contribution in [2.75, 3.05) is 25.4 Å². The first-order valence-electron chi connectivity index (χ1n) is 6.21. The zero-order chi connectivity index (χ0) is 11.4. The highest BCUT2D eigenvalue weighted by molar-refractivity contribution is 5.32. The summed E-state index contributed by atoms with van der Waals surface area (Å²) < 4.78 is 1.95. The quantitative estimate of drug-likeness (QED) is 0.824. The van der Waals surface area contributed by atoms with Gasteiger partial charge in [0.1, 0.15) is 0 Å². The van der Waals surface area contributed by atoms with Gasteiger partial charge in [-0.05, 0) is 32.4 Å². The molecule has 1 aromatic rings. The van der Waals surface area contributed by atoms with Crippen LogP contribution in [-0.4, -0.2) is 39.5 Å². The summed E-state index contributed by atoms with van der Waals surface area (Å²) in [6, 6.07) is 0. The molecule has 1 aliphatic rings. The van der Waals surface area contributed by atoms with Gasteiger partial charge >= 0.3 is 0 Å². The summed E-state index contributed by atoms with van der Waals surface area (Å²) in [7, 11) is 0. The van der Waals surface area contributed by atoms with Crippen molar-refractivity contribution in [3.8, 4) is 0 Å². The Morgan fingerprint density at radius 2 is 1.94 bits per heavy atom. The lowest BCUT2D eigenvalue weighted by Crippen LogP contribution is -2.33. The van der Waals surface area contributed by atoms with Gasteiger partial charge in [0, 0.05) is 6.54 Å². The number of nitrogens with zero attached hydrogens (tertiary/aromatic N) is 4. The lowest BCUT2D eigenvalue weighted by atomic mass is 10.1. The molecule has 90 valence electrons. The van der Waals surface area contributed by atoms with Crippen molar-refractivity contribution in [1.82, 2.24) is 19.9 Å². The van der Waals surface area contributed by atoms with Crippen molar-refractivity contribution in [2.24, 2.45) is 0 Å². The first-order valence-corrected chi connectivity index (χ1v) is 6.21. The van der Waals surface area contributed by atoms with Crippen molar-refractivity contribution in [1.29, 1.82) is 0 Å². The second kappa shape index (κ2) is 5.30. The molecule has 2 heterocycles. The molecule has 0 unspecified atom stereocenters. The molecule has 0 aliphatic carbocycles. The van der Waals surface area contributed by atoms with Crippen LogP contribution < -0.4 is 5.73 Å². The van der Waals surface area contributed by atoms with Crippen LogP contribution in [0, 0.1) is 0 Å². The number of rotatable bonds is 4. The summed E-state index contributed by atoms with van der Waals surface area (Å²) in [6.45, 7) is 6.52. The molecule has 2 rings (SSSR count). The molecule has 1 fully saturated rings. The summed E-state index contributed by atoms with van der Waals surface area (Å²) in [6.07, 6.45) is 4.95. The highest BCUT2D eigenvalue weighted by atomic mass is 15.4. The van der Waals surface area contributed by atoms with Gasteiger partial charge in [0.2, 0.25) is 0 Å². The standard InChI is InChI=1S/C11H21N5/c1-2-10-11(12)13-14-16(10)9-8-15-6-4-3-5-7-15/h2-9,12H2,1H3. The van der Waals surface area contributed by atoms with E-state index in [0.29, 0.717) is 5.82 Å². The van der Waals surface area contributed by atoms with Gasteiger partial charge in [-0.15, -0.1) is 5.10 Å². The van der Waals surface area contributed by atoms with E-state index in [1.165, 1.54) is 32.4 Å². The molecule has 5 nitrogen and oxygen atoms in total. The van der Waals surface area contributed by atoms with E-state index in [9.17, 15) is 0 Å². The number of aromatic nitrogens is 3. The average Bonchev–Trinajstić information content (AvgIpc) is 2.68. The number of anilines is 1. The predicted molar refractivity (Wildman–Crippen MR) is 64.1 cm³/mol. The number of hydrogen-bond donors (Lipinski definition) is 1. The maximum atomic E-state index is 5.75. The Labute approximate surface area is 96.6 Å². The van der Waals surface area contributed by atoms with Gasteiger partial charge in [-0.3, -0.25) is 0 Å². The minimum atomic E-state index is 0.584. The number of nitrogen functional groups attached to an aromatic ring is 1. The predicted octanol–water partition coefficient (Wildman–Crippen LogP) is 0.909. The summed E-state index contributed by atoms with van der Waals surface area (Å²) in [5.74, 6) is 0.584. The largest absolute Gasteiger partial charge is 0.381 e. The smallest absolute Gasteiger partial charge is 0.169 e. The van der Waals surface area contributed by atoms with E-state index in [1.807, 2.05) is 4.68 Å². The van der Waals surface area contributed by atoms with Crippen LogP contribution >= 0.6 is 0 Å². The molecule has 5 heteroatoms. The fourth-order valence-electron chi connectivity index (χ4n) is 2.31. The third-order valence-corrected chi connectivity index (χ3v) is 3.28. The SMILES string of the molecule is CCc1c(N)nnn1CCN1CCCCC1. The van der Waals surface area contributed by atoms with E-state index in [2.05, 4.69) is 22.1 Å². The van der Waals surface area contributed by atoms with Gasteiger partial charge < -0.3 is 10.6 Å². The van der Waals surface area contributed by atoms with Crippen LogP contribution in [0.25, 0.3) is 0 Å². The van der Waals surface area contributed by atoms with Gasteiger partial charge in [0.25, 0.3) is 0 Å². The van der Waals surface area contributed by atoms with Crippen molar-refractivity contribution in [3.05, 3.63) is 5.69 Å². The van der Waals surface area contributed by atoms with Gasteiger partial charge in [-0.25, -0.2) is 4.68 Å². The molecule has 0 saturated carbocycles. The van der Waals surface area contributed by atoms with Crippen LogP contribution in [0.5, 0.6) is 0 Å². The third kappa shape index (κ3) is 2.52. The van der Waals surface area contributed by atoms with Crippen LogP contribution in [0.15, 0.2) is 0 Å². The minimum absolute atomic E-state index is 0.584. The molecule has 0 spiro atoms. The van der Waals surface area contributed by atoms with Crippen LogP contribution in [0.1, 0.15) is 31.9 Å². The highest BCUT2D eigenvalue weighted by Crippen LogP contribution is 2.10. The fraction of sp³-hybridized carbons (Fsp3) is 0.818. The first-order chi connectivity index (χ1) is 7.81. The summed E-state index contributed by atoms with van der Waals surface area (Å²) in [4.78, 5) is 2.50. The molecule has 0 bridgehead atoms. The van der Waals surface area contributed by atoms with E-state index < -0.39 is 0 Å². The molecule has 0 atom stereocenters. The van der Waals surface area contributed by atoms with Crippen LogP contribution in [0.4, 0.5) is 5.82 Å². The molecule has 1 aliphatic heterocycles. The Morgan fingerprint density at radius 1 is 1.19 bits per heavy atom. The van der Waals surface area contributed by atoms with E-state index in [0.717, 1.165) is 25.2 Å². The number of nitrogens with two attached hydrogens (primary N) is 1. The second-order valence-electron chi connectivity index (χ2n) is 4.40. The van der Waals surface area contributed by atoms with E-state index >= 15 is 0 Å². The zero-order valence-corrected chi connectivity index (χ0v) is 10.0. The van der Waals surface area contributed by atoms with Crippen LogP contribution in [-0.2, 0) is 13.0 Å². The average molecular weight is 223 g/mol. The maximum Gasteiger partial charge on any atom is 0.169 e. The molecule has 0 aromatic carbocycles. The Kier molecular flexibility index (Phi) is 3.77. The minimum Gasteiger partial charge on any atom is -0.381 e. The molecular formula is C11H21N5. The number of piperidine rings is 1. The topological polar surface area (TPSA) is 60.0 Å². The van der Waals surface area contributed by atoms with Crippen molar-refractivity contribution >= 4 is 5.82 Å². The normalized spacial score (nSPS) is 17.8. The molecule has 16 heavy (non-hydrogen) atoms. The van der Waals surface area contributed by atoms with Crippen molar-refractivity contribution in [3.63, 3.8) is 0 Å². The molecular weight excluding hydrogens is 202 g/mol. The van der Waals surface area contributed by atoms with Gasteiger partial charge in [-0.1, -0.05) is 18.6 Å². The van der Waals surface area contributed by atoms with Crippen molar-refractivity contribution < 1.29 is 0 Å². The molecule has 0 radical (unpaired) electrons. The lowest BCUT2D eigenvalue weighted by molar-refractivity contribution is 0.216. The van der Waals surface area contributed by atoms with E-state index in [1.54, 1.807) is 0 Å². The Bertz CT molecular complexity index is 327. The lowest BCUT2D eigenvalue weighted by Gasteiger charge is -2.26. The molecule has 2 N–H and O–H groups in total. The molecule has 1 aromatic heterocycles. The van der Waals surface area contributed by atoms with Gasteiger partial charge in [0.05, 0.1) is 12.2 Å². The monoisotopic (exact) mass is 223 g/mol. The third-order valence-electron chi connectivity index (χ3n) is 3.28. The molecule has 1 saturated heterocycles. The van der Waals surface area contributed by atoms with E-state index in [-0.39, 0.29) is 0 Å². The summed E-state index contributed by atoms with van der Waals surface area (Å²) in [5.41, 5.74) is 6.82. The van der Waals surface area contributed by atoms with Crippen LogP contribution in [0.2, 0.25) is 0 Å². The summed E-state index contributed by atoms with van der Waals surface area (Å²) >= 11 is 0. The van der Waals surface area contributed by atoms with E-state index in [4.69, 9.17) is 5.73 Å². The van der Waals surface area contributed by atoms with Gasteiger partial charge in [-0.2, -0.15) is 0 Å².